The van der Waals surface area contributed by atoms with Crippen LogP contribution in [0.5, 0.6) is 0 Å². The minimum Gasteiger partial charge on any atom is -0.378 e. The molecule has 1 saturated heterocycles. The van der Waals surface area contributed by atoms with E-state index in [-0.39, 0.29) is 35.2 Å². The largest absolute Gasteiger partial charge is 0.378 e. The van der Waals surface area contributed by atoms with Crippen LogP contribution in [0.3, 0.4) is 0 Å². The third-order valence-electron chi connectivity index (χ3n) is 5.82. The first-order chi connectivity index (χ1) is 15.6. The van der Waals surface area contributed by atoms with Crippen molar-refractivity contribution in [1.82, 2.24) is 10.0 Å². The van der Waals surface area contributed by atoms with E-state index in [2.05, 4.69) is 47.8 Å². The molecule has 1 unspecified atom stereocenters. The first-order valence-electron chi connectivity index (χ1n) is 11.4. The zero-order chi connectivity index (χ0) is 24.1. The third kappa shape index (κ3) is 7.03. The molecular weight excluding hydrogens is 438 g/mol. The van der Waals surface area contributed by atoms with Crippen LogP contribution in [-0.4, -0.2) is 47.2 Å². The molecule has 2 aromatic carbocycles. The van der Waals surface area contributed by atoms with Crippen molar-refractivity contribution in [2.75, 3.05) is 37.7 Å². The van der Waals surface area contributed by atoms with E-state index in [1.165, 1.54) is 0 Å². The summed E-state index contributed by atoms with van der Waals surface area (Å²) < 4.78 is 33.0. The van der Waals surface area contributed by atoms with Crippen LogP contribution in [0.1, 0.15) is 51.3 Å². The monoisotopic (exact) mass is 473 g/mol. The number of hydrogen-bond donors (Lipinski definition) is 2. The van der Waals surface area contributed by atoms with Crippen LogP contribution >= 0.6 is 0 Å². The standard InChI is InChI=1S/C25H35N3O4S/c1-19(20-5-9-22(10-6-20)28-15-17-32-18-16-28)27-24(29)13-14-26-33(30,31)23-11-7-21(8-12-23)25(2,3)4/h5-12,19,26H,13-18H2,1-4H3,(H,27,29). The highest BCUT2D eigenvalue weighted by Gasteiger charge is 2.18. The van der Waals surface area contributed by atoms with Gasteiger partial charge in [-0.05, 0) is 47.7 Å². The van der Waals surface area contributed by atoms with E-state index >= 15 is 0 Å². The van der Waals surface area contributed by atoms with Crippen molar-refractivity contribution in [3.63, 3.8) is 0 Å². The molecule has 0 aromatic heterocycles. The number of rotatable bonds is 8. The molecule has 1 heterocycles. The lowest BCUT2D eigenvalue weighted by atomic mass is 9.87. The van der Waals surface area contributed by atoms with Gasteiger partial charge in [0.1, 0.15) is 0 Å². The maximum Gasteiger partial charge on any atom is 0.240 e. The topological polar surface area (TPSA) is 87.7 Å². The number of carbonyl (C=O) groups is 1. The number of amides is 1. The van der Waals surface area contributed by atoms with Crippen molar-refractivity contribution in [2.24, 2.45) is 0 Å². The van der Waals surface area contributed by atoms with Crippen LogP contribution in [0, 0.1) is 0 Å². The van der Waals surface area contributed by atoms with E-state index < -0.39 is 10.0 Å². The van der Waals surface area contributed by atoms with E-state index in [9.17, 15) is 13.2 Å². The summed E-state index contributed by atoms with van der Waals surface area (Å²) in [5, 5.41) is 2.94. The van der Waals surface area contributed by atoms with E-state index in [1.54, 1.807) is 12.1 Å². The van der Waals surface area contributed by atoms with Gasteiger partial charge in [-0.3, -0.25) is 4.79 Å². The summed E-state index contributed by atoms with van der Waals surface area (Å²) in [6.45, 7) is 11.4. The van der Waals surface area contributed by atoms with E-state index in [0.29, 0.717) is 0 Å². The molecule has 1 aliphatic rings. The number of hydrogen-bond acceptors (Lipinski definition) is 5. The number of sulfonamides is 1. The van der Waals surface area contributed by atoms with Gasteiger partial charge < -0.3 is 15.0 Å². The lowest BCUT2D eigenvalue weighted by molar-refractivity contribution is -0.121. The average molecular weight is 474 g/mol. The van der Waals surface area contributed by atoms with E-state index in [0.717, 1.165) is 43.1 Å². The van der Waals surface area contributed by atoms with Gasteiger partial charge in [0, 0.05) is 31.7 Å². The van der Waals surface area contributed by atoms with Crippen LogP contribution in [-0.2, 0) is 25.0 Å². The molecular formula is C25H35N3O4S. The first-order valence-corrected chi connectivity index (χ1v) is 12.9. The molecule has 33 heavy (non-hydrogen) atoms. The van der Waals surface area contributed by atoms with E-state index in [1.807, 2.05) is 31.2 Å². The Hall–Kier alpha value is -2.42. The van der Waals surface area contributed by atoms with Gasteiger partial charge in [-0.1, -0.05) is 45.0 Å². The molecule has 0 aliphatic carbocycles. The lowest BCUT2D eigenvalue weighted by Crippen LogP contribution is -2.36. The highest BCUT2D eigenvalue weighted by Crippen LogP contribution is 2.23. The SMILES string of the molecule is CC(NC(=O)CCNS(=O)(=O)c1ccc(C(C)(C)C)cc1)c1ccc(N2CCOCC2)cc1. The van der Waals surface area contributed by atoms with E-state index in [4.69, 9.17) is 4.74 Å². The highest BCUT2D eigenvalue weighted by atomic mass is 32.2. The summed E-state index contributed by atoms with van der Waals surface area (Å²) in [7, 11) is -3.66. The molecule has 1 amide bonds. The van der Waals surface area contributed by atoms with Crippen molar-refractivity contribution in [1.29, 1.82) is 0 Å². The van der Waals surface area contributed by atoms with Gasteiger partial charge in [0.05, 0.1) is 24.2 Å². The fraction of sp³-hybridized carbons (Fsp3) is 0.480. The molecule has 0 radical (unpaired) electrons. The van der Waals surface area contributed by atoms with Crippen LogP contribution in [0.25, 0.3) is 0 Å². The summed E-state index contributed by atoms with van der Waals surface area (Å²) in [5.41, 5.74) is 3.16. The minimum atomic E-state index is -3.66. The highest BCUT2D eigenvalue weighted by molar-refractivity contribution is 7.89. The van der Waals surface area contributed by atoms with Gasteiger partial charge in [-0.25, -0.2) is 13.1 Å². The molecule has 7 nitrogen and oxygen atoms in total. The number of ether oxygens (including phenoxy) is 1. The zero-order valence-electron chi connectivity index (χ0n) is 19.9. The average Bonchev–Trinajstić information content (AvgIpc) is 2.79. The van der Waals surface area contributed by atoms with Gasteiger partial charge >= 0.3 is 0 Å². The van der Waals surface area contributed by atoms with Crippen LogP contribution in [0.2, 0.25) is 0 Å². The summed E-state index contributed by atoms with van der Waals surface area (Å²) >= 11 is 0. The Morgan fingerprint density at radius 3 is 2.21 bits per heavy atom. The second-order valence-electron chi connectivity index (χ2n) is 9.40. The molecule has 3 rings (SSSR count). The molecule has 0 spiro atoms. The summed E-state index contributed by atoms with van der Waals surface area (Å²) in [6, 6.07) is 14.8. The Morgan fingerprint density at radius 2 is 1.64 bits per heavy atom. The number of morpholine rings is 1. The second-order valence-corrected chi connectivity index (χ2v) is 11.2. The Balaban J connectivity index is 1.47. The predicted molar refractivity (Wildman–Crippen MR) is 131 cm³/mol. The molecule has 8 heteroatoms. The van der Waals surface area contributed by atoms with Crippen molar-refractivity contribution in [2.45, 2.75) is 50.5 Å². The van der Waals surface area contributed by atoms with Gasteiger partial charge in [0.15, 0.2) is 0 Å². The van der Waals surface area contributed by atoms with Crippen molar-refractivity contribution >= 4 is 21.6 Å². The molecule has 2 N–H and O–H groups in total. The lowest BCUT2D eigenvalue weighted by Gasteiger charge is -2.29. The van der Waals surface area contributed by atoms with Crippen molar-refractivity contribution in [3.8, 4) is 0 Å². The maximum absolute atomic E-state index is 12.5. The normalized spacial score (nSPS) is 15.8. The van der Waals surface area contributed by atoms with Gasteiger partial charge in [0.2, 0.25) is 15.9 Å². The zero-order valence-corrected chi connectivity index (χ0v) is 20.7. The predicted octanol–water partition coefficient (Wildman–Crippen LogP) is 3.37. The fourth-order valence-corrected chi connectivity index (χ4v) is 4.74. The van der Waals surface area contributed by atoms with Gasteiger partial charge in [0.25, 0.3) is 0 Å². The number of nitrogens with one attached hydrogen (secondary N) is 2. The summed E-state index contributed by atoms with van der Waals surface area (Å²) in [4.78, 5) is 14.8. The number of anilines is 1. The maximum atomic E-state index is 12.5. The molecule has 0 bridgehead atoms. The molecule has 180 valence electrons. The van der Waals surface area contributed by atoms with Crippen molar-refractivity contribution < 1.29 is 17.9 Å². The Labute approximate surface area is 197 Å². The Bertz CT molecular complexity index is 1020. The summed E-state index contributed by atoms with van der Waals surface area (Å²) in [5.74, 6) is -0.203. The fourth-order valence-electron chi connectivity index (χ4n) is 3.71. The smallest absolute Gasteiger partial charge is 0.240 e. The summed E-state index contributed by atoms with van der Waals surface area (Å²) in [6.07, 6.45) is 0.0650. The number of benzene rings is 2. The number of nitrogens with zero attached hydrogens (tertiary/aromatic N) is 1. The second kappa shape index (κ2) is 10.7. The molecule has 2 aromatic rings. The molecule has 1 fully saturated rings. The molecule has 0 saturated carbocycles. The van der Waals surface area contributed by atoms with Crippen LogP contribution in [0.4, 0.5) is 5.69 Å². The Morgan fingerprint density at radius 1 is 1.03 bits per heavy atom. The quantitative estimate of drug-likeness (QED) is 0.614. The Kier molecular flexibility index (Phi) is 8.15. The van der Waals surface area contributed by atoms with Gasteiger partial charge in [-0.2, -0.15) is 0 Å². The molecule has 1 atom stereocenters. The minimum absolute atomic E-state index is 0.0396. The van der Waals surface area contributed by atoms with Crippen molar-refractivity contribution in [3.05, 3.63) is 59.7 Å². The number of carbonyl (C=O) groups excluding carboxylic acids is 1. The molecule has 1 aliphatic heterocycles. The third-order valence-corrected chi connectivity index (χ3v) is 7.30. The first kappa shape index (κ1) is 25.2. The van der Waals surface area contributed by atoms with Gasteiger partial charge in [-0.15, -0.1) is 0 Å². The van der Waals surface area contributed by atoms with Crippen LogP contribution < -0.4 is 14.9 Å². The van der Waals surface area contributed by atoms with Crippen LogP contribution in [0.15, 0.2) is 53.4 Å².